The Kier molecular flexibility index (Phi) is 5.29. The van der Waals surface area contributed by atoms with E-state index in [1.165, 1.54) is 57.8 Å². The van der Waals surface area contributed by atoms with Crippen molar-refractivity contribution >= 4 is 17.3 Å². The highest BCUT2D eigenvalue weighted by molar-refractivity contribution is 6.32. The van der Waals surface area contributed by atoms with E-state index in [0.717, 1.165) is 22.9 Å². The summed E-state index contributed by atoms with van der Waals surface area (Å²) in [5, 5.41) is 4.41. The Balaban J connectivity index is 1.72. The highest BCUT2D eigenvalue weighted by Gasteiger charge is 2.29. The first-order valence-electron chi connectivity index (χ1n) is 8.56. The minimum absolute atomic E-state index is 0.275. The summed E-state index contributed by atoms with van der Waals surface area (Å²) in [5.41, 5.74) is 1.07. The molecule has 2 aliphatic rings. The van der Waals surface area contributed by atoms with Gasteiger partial charge in [-0.3, -0.25) is 0 Å². The van der Waals surface area contributed by atoms with Gasteiger partial charge in [-0.2, -0.15) is 0 Å². The largest absolute Gasteiger partial charge is 0.485 e. The van der Waals surface area contributed by atoms with E-state index in [1.807, 2.05) is 12.1 Å². The predicted molar refractivity (Wildman–Crippen MR) is 89.4 cm³/mol. The van der Waals surface area contributed by atoms with Crippen LogP contribution < -0.4 is 10.1 Å². The van der Waals surface area contributed by atoms with Crippen molar-refractivity contribution in [3.05, 3.63) is 23.2 Å². The second kappa shape index (κ2) is 7.40. The highest BCUT2D eigenvalue weighted by atomic mass is 35.5. The molecule has 0 spiro atoms. The van der Waals surface area contributed by atoms with Crippen LogP contribution in [0.4, 0.5) is 5.69 Å². The minimum Gasteiger partial charge on any atom is -0.485 e. The predicted octanol–water partition coefficient (Wildman–Crippen LogP) is 5.80. The fourth-order valence-corrected chi connectivity index (χ4v) is 3.78. The molecule has 2 unspecified atom stereocenters. The molecule has 0 saturated heterocycles. The van der Waals surface area contributed by atoms with Gasteiger partial charge in [0.2, 0.25) is 0 Å². The lowest BCUT2D eigenvalue weighted by molar-refractivity contribution is 0.149. The normalized spacial score (nSPS) is 27.1. The second-order valence-electron chi connectivity index (χ2n) is 6.43. The molecule has 0 bridgehead atoms. The Bertz CT molecular complexity index is 463. The number of ether oxygens (including phenoxy) is 1. The molecule has 21 heavy (non-hydrogen) atoms. The molecule has 1 aliphatic heterocycles. The molecule has 1 aromatic rings. The highest BCUT2D eigenvalue weighted by Crippen LogP contribution is 2.39. The first-order chi connectivity index (χ1) is 10.3. The third-order valence-electron chi connectivity index (χ3n) is 4.78. The Morgan fingerprint density at radius 2 is 1.57 bits per heavy atom. The van der Waals surface area contributed by atoms with Gasteiger partial charge in [-0.05, 0) is 31.4 Å². The number of fused-ring (bicyclic) bond motifs is 2. The van der Waals surface area contributed by atoms with Crippen molar-refractivity contribution in [2.45, 2.75) is 76.4 Å². The van der Waals surface area contributed by atoms with Crippen LogP contribution in [0.5, 0.6) is 5.75 Å². The lowest BCUT2D eigenvalue weighted by Crippen LogP contribution is -2.41. The van der Waals surface area contributed by atoms with Crippen LogP contribution in [-0.2, 0) is 0 Å². The zero-order valence-electron chi connectivity index (χ0n) is 12.7. The summed E-state index contributed by atoms with van der Waals surface area (Å²) < 4.78 is 6.28. The Hall–Kier alpha value is -0.890. The lowest BCUT2D eigenvalue weighted by atomic mass is 9.94. The van der Waals surface area contributed by atoms with Gasteiger partial charge >= 0.3 is 0 Å². The second-order valence-corrected chi connectivity index (χ2v) is 6.84. The number of para-hydroxylation sites is 1. The van der Waals surface area contributed by atoms with Crippen molar-refractivity contribution in [3.8, 4) is 5.75 Å². The van der Waals surface area contributed by atoms with Crippen molar-refractivity contribution in [2.75, 3.05) is 5.32 Å². The van der Waals surface area contributed by atoms with Gasteiger partial charge in [-0.25, -0.2) is 0 Å². The van der Waals surface area contributed by atoms with Gasteiger partial charge in [-0.1, -0.05) is 62.6 Å². The van der Waals surface area contributed by atoms with Crippen molar-refractivity contribution in [1.82, 2.24) is 0 Å². The van der Waals surface area contributed by atoms with Gasteiger partial charge in [0.25, 0.3) is 0 Å². The minimum atomic E-state index is 0.275. The summed E-state index contributed by atoms with van der Waals surface area (Å²) in [5.74, 6) is 0.854. The van der Waals surface area contributed by atoms with Crippen molar-refractivity contribution in [2.24, 2.45) is 0 Å². The van der Waals surface area contributed by atoms with Gasteiger partial charge in [-0.15, -0.1) is 0 Å². The van der Waals surface area contributed by atoms with E-state index in [4.69, 9.17) is 16.3 Å². The summed E-state index contributed by atoms with van der Waals surface area (Å²) in [6.07, 6.45) is 13.5. The van der Waals surface area contributed by atoms with E-state index < -0.39 is 0 Å². The number of halogens is 1. The lowest BCUT2D eigenvalue weighted by Gasteiger charge is -2.36. The molecule has 1 fully saturated rings. The Morgan fingerprint density at radius 1 is 0.905 bits per heavy atom. The van der Waals surface area contributed by atoms with Crippen LogP contribution in [0.2, 0.25) is 5.02 Å². The third kappa shape index (κ3) is 3.85. The molecule has 2 nitrogen and oxygen atoms in total. The van der Waals surface area contributed by atoms with Crippen molar-refractivity contribution in [3.63, 3.8) is 0 Å². The monoisotopic (exact) mass is 307 g/mol. The average Bonchev–Trinajstić information content (AvgIpc) is 2.48. The molecule has 1 N–H and O–H groups in total. The quantitative estimate of drug-likeness (QED) is 0.654. The zero-order valence-corrected chi connectivity index (χ0v) is 13.5. The Morgan fingerprint density at radius 3 is 2.33 bits per heavy atom. The average molecular weight is 308 g/mol. The topological polar surface area (TPSA) is 21.3 Å². The first kappa shape index (κ1) is 15.0. The maximum Gasteiger partial charge on any atom is 0.161 e. The summed E-state index contributed by atoms with van der Waals surface area (Å²) in [6, 6.07) is 6.42. The van der Waals surface area contributed by atoms with Gasteiger partial charge < -0.3 is 10.1 Å². The van der Waals surface area contributed by atoms with Crippen LogP contribution in [0.3, 0.4) is 0 Å². The van der Waals surface area contributed by atoms with E-state index in [1.54, 1.807) is 0 Å². The number of hydrogen-bond acceptors (Lipinski definition) is 2. The maximum absolute atomic E-state index is 6.29. The van der Waals surface area contributed by atoms with Crippen LogP contribution >= 0.6 is 11.6 Å². The number of nitrogens with one attached hydrogen (secondary N) is 1. The van der Waals surface area contributed by atoms with Crippen LogP contribution in [0.25, 0.3) is 0 Å². The standard InChI is InChI=1S/C18H26ClNO/c19-14-10-9-12-16-18(14)21-17-13-8-6-4-2-1-3-5-7-11-15(17)20-16/h9-10,12,15,17,20H,1-8,11,13H2. The molecule has 1 heterocycles. The van der Waals surface area contributed by atoms with E-state index in [2.05, 4.69) is 11.4 Å². The van der Waals surface area contributed by atoms with Crippen LogP contribution in [0.1, 0.15) is 64.2 Å². The number of rotatable bonds is 0. The van der Waals surface area contributed by atoms with Crippen molar-refractivity contribution < 1.29 is 4.74 Å². The number of anilines is 1. The van der Waals surface area contributed by atoms with Crippen LogP contribution in [-0.4, -0.2) is 12.1 Å². The van der Waals surface area contributed by atoms with Crippen LogP contribution in [0.15, 0.2) is 18.2 Å². The smallest absolute Gasteiger partial charge is 0.161 e. The Labute approximate surface area is 133 Å². The summed E-state index contributed by atoms with van der Waals surface area (Å²) in [4.78, 5) is 0. The maximum atomic E-state index is 6.29. The number of benzene rings is 1. The molecule has 0 radical (unpaired) electrons. The summed E-state index contributed by atoms with van der Waals surface area (Å²) in [7, 11) is 0. The van der Waals surface area contributed by atoms with E-state index in [-0.39, 0.29) is 6.10 Å². The molecule has 1 aromatic carbocycles. The third-order valence-corrected chi connectivity index (χ3v) is 5.08. The molecule has 3 rings (SSSR count). The molecular weight excluding hydrogens is 282 g/mol. The molecule has 1 saturated carbocycles. The molecule has 0 amide bonds. The molecular formula is C18H26ClNO. The number of hydrogen-bond donors (Lipinski definition) is 1. The fraction of sp³-hybridized carbons (Fsp3) is 0.667. The van der Waals surface area contributed by atoms with Gasteiger partial charge in [0, 0.05) is 0 Å². The first-order valence-corrected chi connectivity index (χ1v) is 8.94. The van der Waals surface area contributed by atoms with Crippen LogP contribution in [0, 0.1) is 0 Å². The van der Waals surface area contributed by atoms with Gasteiger partial charge in [0.05, 0.1) is 16.8 Å². The molecule has 2 atom stereocenters. The summed E-state index contributed by atoms with van der Waals surface area (Å²) in [6.45, 7) is 0. The molecule has 116 valence electrons. The molecule has 1 aliphatic carbocycles. The molecule has 0 aromatic heterocycles. The van der Waals surface area contributed by atoms with E-state index >= 15 is 0 Å². The zero-order chi connectivity index (χ0) is 14.5. The van der Waals surface area contributed by atoms with Crippen molar-refractivity contribution in [1.29, 1.82) is 0 Å². The van der Waals surface area contributed by atoms with E-state index in [9.17, 15) is 0 Å². The van der Waals surface area contributed by atoms with Gasteiger partial charge in [0.15, 0.2) is 5.75 Å². The fourth-order valence-electron chi connectivity index (χ4n) is 3.56. The molecule has 3 heteroatoms. The SMILES string of the molecule is Clc1cccc2c1OC1CCCCCCCCCCC1N2. The van der Waals surface area contributed by atoms with E-state index in [0.29, 0.717) is 6.04 Å². The van der Waals surface area contributed by atoms with Gasteiger partial charge in [0.1, 0.15) is 6.10 Å². The summed E-state index contributed by atoms with van der Waals surface area (Å²) >= 11 is 6.29.